The summed E-state index contributed by atoms with van der Waals surface area (Å²) in [6.07, 6.45) is 0. The second-order valence-electron chi connectivity index (χ2n) is 7.36. The van der Waals surface area contributed by atoms with Gasteiger partial charge in [-0.2, -0.15) is 9.40 Å². The Balaban J connectivity index is 1.69. The molecule has 1 aromatic carbocycles. The fraction of sp³-hybridized carbons (Fsp3) is 0.500. The van der Waals surface area contributed by atoms with Gasteiger partial charge in [0.1, 0.15) is 11.4 Å². The molecule has 1 aliphatic rings. The fourth-order valence-electron chi connectivity index (χ4n) is 3.75. The van der Waals surface area contributed by atoms with Gasteiger partial charge < -0.3 is 4.90 Å². The molecule has 0 bridgehead atoms. The Kier molecular flexibility index (Phi) is 5.55. The lowest BCUT2D eigenvalue weighted by molar-refractivity contribution is -0.926. The van der Waals surface area contributed by atoms with E-state index in [-0.39, 0.29) is 5.69 Å². The van der Waals surface area contributed by atoms with Crippen LogP contribution in [0.3, 0.4) is 0 Å². The molecule has 0 unspecified atom stereocenters. The fourth-order valence-corrected chi connectivity index (χ4v) is 5.39. The van der Waals surface area contributed by atoms with E-state index in [4.69, 9.17) is 0 Å². The summed E-state index contributed by atoms with van der Waals surface area (Å²) >= 11 is 0. The van der Waals surface area contributed by atoms with Crippen molar-refractivity contribution in [3.05, 3.63) is 50.8 Å². The quantitative estimate of drug-likeness (QED) is 0.576. The van der Waals surface area contributed by atoms with Gasteiger partial charge in [-0.15, -0.1) is 0 Å². The topological polar surface area (TPSA) is 103 Å². The first-order valence-electron chi connectivity index (χ1n) is 9.20. The molecule has 152 valence electrons. The molecular formula is C18H26N5O4S+. The number of benzene rings is 1. The first-order chi connectivity index (χ1) is 13.1. The third kappa shape index (κ3) is 3.80. The Labute approximate surface area is 164 Å². The molecule has 2 aromatic rings. The lowest BCUT2D eigenvalue weighted by Crippen LogP contribution is -3.14. The van der Waals surface area contributed by atoms with E-state index < -0.39 is 14.9 Å². The zero-order chi connectivity index (χ0) is 20.6. The molecule has 1 aliphatic heterocycles. The van der Waals surface area contributed by atoms with Crippen molar-refractivity contribution in [2.45, 2.75) is 39.3 Å². The van der Waals surface area contributed by atoms with Crippen LogP contribution in [0.1, 0.15) is 22.5 Å². The van der Waals surface area contributed by atoms with Crippen LogP contribution >= 0.6 is 0 Å². The highest BCUT2D eigenvalue weighted by Gasteiger charge is 2.32. The predicted molar refractivity (Wildman–Crippen MR) is 104 cm³/mol. The van der Waals surface area contributed by atoms with Gasteiger partial charge in [0.15, 0.2) is 6.67 Å². The summed E-state index contributed by atoms with van der Waals surface area (Å²) in [6.45, 7) is 9.62. The van der Waals surface area contributed by atoms with Gasteiger partial charge in [0.2, 0.25) is 10.0 Å². The number of nitrogens with zero attached hydrogens (tertiary/aromatic N) is 4. The van der Waals surface area contributed by atoms with E-state index in [1.165, 1.54) is 4.31 Å². The number of piperazine rings is 1. The lowest BCUT2D eigenvalue weighted by Gasteiger charge is -2.31. The first-order valence-corrected chi connectivity index (χ1v) is 10.6. The molecule has 0 amide bonds. The third-order valence-corrected chi connectivity index (χ3v) is 7.34. The van der Waals surface area contributed by atoms with Crippen molar-refractivity contribution in [3.63, 3.8) is 0 Å². The maximum atomic E-state index is 13.0. The van der Waals surface area contributed by atoms with Crippen molar-refractivity contribution in [1.82, 2.24) is 14.1 Å². The van der Waals surface area contributed by atoms with Crippen molar-refractivity contribution in [3.8, 4) is 0 Å². The van der Waals surface area contributed by atoms with E-state index in [1.807, 2.05) is 26.0 Å². The van der Waals surface area contributed by atoms with Crippen molar-refractivity contribution in [1.29, 1.82) is 0 Å². The van der Waals surface area contributed by atoms with Crippen LogP contribution in [0.15, 0.2) is 23.1 Å². The van der Waals surface area contributed by atoms with Crippen LogP contribution < -0.4 is 4.90 Å². The Morgan fingerprint density at radius 1 is 1.18 bits per heavy atom. The summed E-state index contributed by atoms with van der Waals surface area (Å²) in [7, 11) is -3.52. The molecule has 3 rings (SSSR count). The minimum absolute atomic E-state index is 0.0514. The van der Waals surface area contributed by atoms with Crippen molar-refractivity contribution >= 4 is 15.7 Å². The lowest BCUT2D eigenvalue weighted by atomic mass is 10.2. The predicted octanol–water partition coefficient (Wildman–Crippen LogP) is 0.572. The van der Waals surface area contributed by atoms with Crippen LogP contribution in [-0.4, -0.2) is 53.6 Å². The molecule has 0 saturated carbocycles. The molecule has 0 radical (unpaired) electrons. The number of nitrogens with one attached hydrogen (secondary N) is 1. The Hall–Kier alpha value is -2.30. The number of hydrogen-bond acceptors (Lipinski definition) is 5. The van der Waals surface area contributed by atoms with Gasteiger partial charge in [-0.05, 0) is 39.3 Å². The Morgan fingerprint density at radius 3 is 2.36 bits per heavy atom. The van der Waals surface area contributed by atoms with Gasteiger partial charge in [-0.3, -0.25) is 10.1 Å². The summed E-state index contributed by atoms with van der Waals surface area (Å²) in [6, 6.07) is 5.37. The Morgan fingerprint density at radius 2 is 1.82 bits per heavy atom. The van der Waals surface area contributed by atoms with Crippen LogP contribution in [0.2, 0.25) is 0 Å². The van der Waals surface area contributed by atoms with Crippen LogP contribution in [0.5, 0.6) is 0 Å². The van der Waals surface area contributed by atoms with E-state index in [2.05, 4.69) is 5.10 Å². The molecule has 1 fully saturated rings. The largest absolute Gasteiger partial charge is 0.314 e. The second kappa shape index (κ2) is 7.61. The smallest absolute Gasteiger partial charge is 0.312 e. The number of nitro groups is 1. The zero-order valence-electron chi connectivity index (χ0n) is 16.6. The molecule has 10 heteroatoms. The summed E-state index contributed by atoms with van der Waals surface area (Å²) in [5.41, 5.74) is 2.77. The van der Waals surface area contributed by atoms with Gasteiger partial charge in [-0.25, -0.2) is 13.1 Å². The minimum atomic E-state index is -3.52. The van der Waals surface area contributed by atoms with Gasteiger partial charge in [-0.1, -0.05) is 17.7 Å². The first kappa shape index (κ1) is 20.4. The number of quaternary nitrogens is 1. The number of aryl methyl sites for hydroxylation is 3. The summed E-state index contributed by atoms with van der Waals surface area (Å²) in [5.74, 6) is 0. The average Bonchev–Trinajstić information content (AvgIpc) is 2.88. The van der Waals surface area contributed by atoms with Gasteiger partial charge in [0.05, 0.1) is 36.0 Å². The highest BCUT2D eigenvalue weighted by Crippen LogP contribution is 2.22. The summed E-state index contributed by atoms with van der Waals surface area (Å²) in [4.78, 5) is 12.3. The molecule has 0 spiro atoms. The maximum absolute atomic E-state index is 13.0. The Bertz CT molecular complexity index is 1010. The van der Waals surface area contributed by atoms with Gasteiger partial charge in [0, 0.05) is 0 Å². The zero-order valence-corrected chi connectivity index (χ0v) is 17.4. The highest BCUT2D eigenvalue weighted by atomic mass is 32.2. The maximum Gasteiger partial charge on any atom is 0.312 e. The van der Waals surface area contributed by atoms with Gasteiger partial charge >= 0.3 is 5.69 Å². The normalized spacial score (nSPS) is 16.4. The van der Waals surface area contributed by atoms with E-state index in [9.17, 15) is 18.5 Å². The third-order valence-electron chi connectivity index (χ3n) is 5.28. The number of sulfonamides is 1. The van der Waals surface area contributed by atoms with Crippen LogP contribution in [0.4, 0.5) is 5.69 Å². The van der Waals surface area contributed by atoms with Gasteiger partial charge in [0.25, 0.3) is 0 Å². The SMILES string of the molecule is Cc1ccc(S(=O)(=O)N2CC[NH+](Cn3nc(C)c([N+](=O)[O-])c3C)CC2)c(C)c1. The van der Waals surface area contributed by atoms with E-state index in [0.717, 1.165) is 16.0 Å². The minimum Gasteiger partial charge on any atom is -0.314 e. The standard InChI is InChI=1S/C18H25N5O4S/c1-13-5-6-17(14(2)11-13)28(26,27)21-9-7-20(8-10-21)12-22-16(4)18(23(24)25)15(3)19-22/h5-6,11H,7-10,12H2,1-4H3/p+1. The molecule has 1 N–H and O–H groups in total. The molecule has 0 atom stereocenters. The van der Waals surface area contributed by atoms with Crippen LogP contribution in [0, 0.1) is 37.8 Å². The molecule has 1 aromatic heterocycles. The van der Waals surface area contributed by atoms with Crippen LogP contribution in [0.25, 0.3) is 0 Å². The molecule has 0 aliphatic carbocycles. The number of rotatable bonds is 5. The molecule has 2 heterocycles. The molecule has 1 saturated heterocycles. The summed E-state index contributed by atoms with van der Waals surface area (Å²) < 4.78 is 29.1. The summed E-state index contributed by atoms with van der Waals surface area (Å²) in [5, 5.41) is 15.4. The number of hydrogen-bond donors (Lipinski definition) is 1. The molecular weight excluding hydrogens is 382 g/mol. The average molecular weight is 409 g/mol. The van der Waals surface area contributed by atoms with Crippen molar-refractivity contribution in [2.75, 3.05) is 26.2 Å². The van der Waals surface area contributed by atoms with Crippen LogP contribution in [-0.2, 0) is 16.7 Å². The van der Waals surface area contributed by atoms with E-state index >= 15 is 0 Å². The van der Waals surface area contributed by atoms with E-state index in [0.29, 0.717) is 49.1 Å². The highest BCUT2D eigenvalue weighted by molar-refractivity contribution is 7.89. The second-order valence-corrected chi connectivity index (χ2v) is 9.26. The molecule has 28 heavy (non-hydrogen) atoms. The van der Waals surface area contributed by atoms with Crippen molar-refractivity contribution < 1.29 is 18.2 Å². The van der Waals surface area contributed by atoms with Crippen molar-refractivity contribution in [2.24, 2.45) is 0 Å². The number of aromatic nitrogens is 2. The monoisotopic (exact) mass is 408 g/mol. The van der Waals surface area contributed by atoms with E-state index in [1.54, 1.807) is 24.6 Å². The molecule has 9 nitrogen and oxygen atoms in total.